The standard InChI is InChI=1S/C18H24N4O4S/c1-12-16(27(24,25)21-13-6-2-3-7-13)10-15(26-12)17-14(11-19-20-17)18(23)22-8-4-5-9-22/h10-11,13,21H,2-9H2,1H3,(H,19,20). The summed E-state index contributed by atoms with van der Waals surface area (Å²) in [4.78, 5) is 14.6. The van der Waals surface area contributed by atoms with Crippen molar-refractivity contribution in [2.24, 2.45) is 0 Å². The molecule has 0 aromatic carbocycles. The summed E-state index contributed by atoms with van der Waals surface area (Å²) in [5.41, 5.74) is 0.815. The van der Waals surface area contributed by atoms with E-state index in [-0.39, 0.29) is 16.8 Å². The Labute approximate surface area is 158 Å². The molecule has 0 bridgehead atoms. The molecule has 4 rings (SSSR count). The summed E-state index contributed by atoms with van der Waals surface area (Å²) in [5.74, 6) is 0.489. The van der Waals surface area contributed by atoms with Gasteiger partial charge < -0.3 is 9.32 Å². The zero-order valence-electron chi connectivity index (χ0n) is 15.3. The van der Waals surface area contributed by atoms with Crippen molar-refractivity contribution < 1.29 is 17.6 Å². The highest BCUT2D eigenvalue weighted by Crippen LogP contribution is 2.31. The van der Waals surface area contributed by atoms with Gasteiger partial charge >= 0.3 is 0 Å². The second-order valence-corrected chi connectivity index (χ2v) is 8.97. The van der Waals surface area contributed by atoms with Gasteiger partial charge in [0.15, 0.2) is 5.76 Å². The fourth-order valence-corrected chi connectivity index (χ4v) is 5.39. The van der Waals surface area contributed by atoms with E-state index in [9.17, 15) is 13.2 Å². The number of carbonyl (C=O) groups is 1. The Bertz CT molecular complexity index is 934. The molecule has 3 heterocycles. The third-order valence-electron chi connectivity index (χ3n) is 5.35. The zero-order chi connectivity index (χ0) is 19.0. The average molecular weight is 392 g/mol. The summed E-state index contributed by atoms with van der Waals surface area (Å²) in [6, 6.07) is 1.45. The van der Waals surface area contributed by atoms with Crippen molar-refractivity contribution in [1.29, 1.82) is 0 Å². The van der Waals surface area contributed by atoms with Gasteiger partial charge in [-0.1, -0.05) is 12.8 Å². The highest BCUT2D eigenvalue weighted by atomic mass is 32.2. The SMILES string of the molecule is Cc1oc(-c2[nH]ncc2C(=O)N2CCCC2)cc1S(=O)(=O)NC1CCCC1. The van der Waals surface area contributed by atoms with Crippen LogP contribution in [0.1, 0.15) is 54.6 Å². The number of furan rings is 1. The Kier molecular flexibility index (Phi) is 4.81. The van der Waals surface area contributed by atoms with E-state index in [1.54, 1.807) is 11.8 Å². The van der Waals surface area contributed by atoms with Crippen LogP contribution < -0.4 is 4.72 Å². The van der Waals surface area contributed by atoms with Crippen LogP contribution in [0, 0.1) is 6.92 Å². The molecule has 1 amide bonds. The maximum Gasteiger partial charge on any atom is 0.257 e. The first-order valence-corrected chi connectivity index (χ1v) is 10.9. The van der Waals surface area contributed by atoms with Crippen molar-refractivity contribution >= 4 is 15.9 Å². The molecule has 2 fully saturated rings. The predicted molar refractivity (Wildman–Crippen MR) is 98.7 cm³/mol. The number of aromatic amines is 1. The van der Waals surface area contributed by atoms with Crippen molar-refractivity contribution in [3.8, 4) is 11.5 Å². The lowest BCUT2D eigenvalue weighted by Gasteiger charge is -2.14. The lowest BCUT2D eigenvalue weighted by molar-refractivity contribution is 0.0793. The van der Waals surface area contributed by atoms with E-state index in [4.69, 9.17) is 4.42 Å². The second kappa shape index (κ2) is 7.12. The Morgan fingerprint density at radius 1 is 1.26 bits per heavy atom. The zero-order valence-corrected chi connectivity index (χ0v) is 16.1. The Morgan fingerprint density at radius 3 is 2.67 bits per heavy atom. The topological polar surface area (TPSA) is 108 Å². The van der Waals surface area contributed by atoms with Gasteiger partial charge in [0.1, 0.15) is 16.3 Å². The van der Waals surface area contributed by atoms with Crippen LogP contribution in [0.5, 0.6) is 0 Å². The number of aryl methyl sites for hydroxylation is 1. The molecule has 2 aromatic heterocycles. The molecule has 1 aliphatic carbocycles. The number of aromatic nitrogens is 2. The number of carbonyl (C=O) groups excluding carboxylic acids is 1. The monoisotopic (exact) mass is 392 g/mol. The first kappa shape index (κ1) is 18.2. The quantitative estimate of drug-likeness (QED) is 0.812. The molecule has 2 aromatic rings. The Hall–Kier alpha value is -2.13. The summed E-state index contributed by atoms with van der Waals surface area (Å²) >= 11 is 0. The number of hydrogen-bond donors (Lipinski definition) is 2. The summed E-state index contributed by atoms with van der Waals surface area (Å²) in [5, 5.41) is 6.76. The molecule has 8 nitrogen and oxygen atoms in total. The molecule has 9 heteroatoms. The van der Waals surface area contributed by atoms with E-state index in [1.165, 1.54) is 12.3 Å². The van der Waals surface area contributed by atoms with Gasteiger partial charge in [0.05, 0.1) is 11.8 Å². The van der Waals surface area contributed by atoms with E-state index in [2.05, 4.69) is 14.9 Å². The molecule has 1 aliphatic heterocycles. The molecule has 2 aliphatic rings. The van der Waals surface area contributed by atoms with Gasteiger partial charge in [-0.3, -0.25) is 9.89 Å². The minimum atomic E-state index is -3.67. The minimum Gasteiger partial charge on any atom is -0.458 e. The summed E-state index contributed by atoms with van der Waals surface area (Å²) in [6.45, 7) is 3.07. The highest BCUT2D eigenvalue weighted by molar-refractivity contribution is 7.89. The normalized spacial score (nSPS) is 18.5. The molecule has 0 atom stereocenters. The number of hydrogen-bond acceptors (Lipinski definition) is 5. The van der Waals surface area contributed by atoms with Crippen LogP contribution in [0.4, 0.5) is 0 Å². The van der Waals surface area contributed by atoms with Gasteiger partial charge in [0.2, 0.25) is 10.0 Å². The van der Waals surface area contributed by atoms with E-state index in [0.717, 1.165) is 51.6 Å². The van der Waals surface area contributed by atoms with Crippen LogP contribution in [0.3, 0.4) is 0 Å². The summed E-state index contributed by atoms with van der Waals surface area (Å²) in [6.07, 6.45) is 7.26. The van der Waals surface area contributed by atoms with E-state index in [0.29, 0.717) is 22.8 Å². The van der Waals surface area contributed by atoms with Crippen LogP contribution >= 0.6 is 0 Å². The van der Waals surface area contributed by atoms with Crippen molar-refractivity contribution in [3.05, 3.63) is 23.6 Å². The third kappa shape index (κ3) is 3.53. The van der Waals surface area contributed by atoms with Gasteiger partial charge in [-0.15, -0.1) is 0 Å². The average Bonchev–Trinajstić information content (AvgIpc) is 3.40. The van der Waals surface area contributed by atoms with Gasteiger partial charge in [-0.2, -0.15) is 5.10 Å². The molecule has 0 unspecified atom stereocenters. The number of likely N-dealkylation sites (tertiary alicyclic amines) is 1. The molecule has 1 saturated carbocycles. The number of amides is 1. The van der Waals surface area contributed by atoms with Crippen LogP contribution in [0.15, 0.2) is 21.6 Å². The van der Waals surface area contributed by atoms with Crippen LogP contribution in [0.25, 0.3) is 11.5 Å². The summed E-state index contributed by atoms with van der Waals surface area (Å²) < 4.78 is 34.0. The van der Waals surface area contributed by atoms with Crippen LogP contribution in [-0.4, -0.2) is 48.6 Å². The molecular weight excluding hydrogens is 368 g/mol. The summed E-state index contributed by atoms with van der Waals surface area (Å²) in [7, 11) is -3.67. The van der Waals surface area contributed by atoms with Crippen LogP contribution in [-0.2, 0) is 10.0 Å². The largest absolute Gasteiger partial charge is 0.458 e. The van der Waals surface area contributed by atoms with Crippen LogP contribution in [0.2, 0.25) is 0 Å². The number of sulfonamides is 1. The van der Waals surface area contributed by atoms with E-state index < -0.39 is 10.0 Å². The fraction of sp³-hybridized carbons (Fsp3) is 0.556. The number of nitrogens with one attached hydrogen (secondary N) is 2. The van der Waals surface area contributed by atoms with E-state index >= 15 is 0 Å². The van der Waals surface area contributed by atoms with Crippen molar-refractivity contribution in [3.63, 3.8) is 0 Å². The van der Waals surface area contributed by atoms with Crippen molar-refractivity contribution in [1.82, 2.24) is 19.8 Å². The molecule has 0 spiro atoms. The van der Waals surface area contributed by atoms with Gasteiger partial charge in [-0.25, -0.2) is 13.1 Å². The number of H-pyrrole nitrogens is 1. The van der Waals surface area contributed by atoms with E-state index in [1.807, 2.05) is 0 Å². The number of nitrogens with zero attached hydrogens (tertiary/aromatic N) is 2. The maximum absolute atomic E-state index is 12.7. The molecular formula is C18H24N4O4S. The lowest BCUT2D eigenvalue weighted by Crippen LogP contribution is -2.32. The first-order valence-electron chi connectivity index (χ1n) is 9.41. The number of rotatable bonds is 5. The van der Waals surface area contributed by atoms with Crippen molar-refractivity contribution in [2.45, 2.75) is 56.4 Å². The highest BCUT2D eigenvalue weighted by Gasteiger charge is 2.29. The maximum atomic E-state index is 12.7. The van der Waals surface area contributed by atoms with Gasteiger partial charge in [0, 0.05) is 25.2 Å². The first-order chi connectivity index (χ1) is 13.0. The molecule has 0 radical (unpaired) electrons. The van der Waals surface area contributed by atoms with Gasteiger partial charge in [-0.05, 0) is 32.6 Å². The minimum absolute atomic E-state index is 0.0211. The molecule has 146 valence electrons. The third-order valence-corrected chi connectivity index (χ3v) is 6.98. The van der Waals surface area contributed by atoms with Crippen molar-refractivity contribution in [2.75, 3.05) is 13.1 Å². The smallest absolute Gasteiger partial charge is 0.257 e. The Balaban J connectivity index is 1.62. The molecule has 1 saturated heterocycles. The molecule has 27 heavy (non-hydrogen) atoms. The Morgan fingerprint density at radius 2 is 1.96 bits per heavy atom. The fourth-order valence-electron chi connectivity index (χ4n) is 3.91. The molecule has 2 N–H and O–H groups in total. The predicted octanol–water partition coefficient (Wildman–Crippen LogP) is 2.44. The lowest BCUT2D eigenvalue weighted by atomic mass is 10.2. The second-order valence-electron chi connectivity index (χ2n) is 7.29. The van der Waals surface area contributed by atoms with Gasteiger partial charge in [0.25, 0.3) is 5.91 Å².